The molecular formula is C16H19N3O4. The summed E-state index contributed by atoms with van der Waals surface area (Å²) in [5.41, 5.74) is 2.69. The summed E-state index contributed by atoms with van der Waals surface area (Å²) in [7, 11) is 0. The van der Waals surface area contributed by atoms with Crippen molar-refractivity contribution in [2.24, 2.45) is 0 Å². The van der Waals surface area contributed by atoms with Gasteiger partial charge in [-0.1, -0.05) is 13.8 Å². The van der Waals surface area contributed by atoms with Gasteiger partial charge in [0.1, 0.15) is 5.75 Å². The lowest BCUT2D eigenvalue weighted by atomic mass is 10.0. The first-order valence-electron chi connectivity index (χ1n) is 7.27. The van der Waals surface area contributed by atoms with Gasteiger partial charge in [-0.05, 0) is 37.5 Å². The summed E-state index contributed by atoms with van der Waals surface area (Å²) < 4.78 is 6.75. The molecule has 0 saturated heterocycles. The van der Waals surface area contributed by atoms with Crippen LogP contribution in [0.4, 0.5) is 5.69 Å². The van der Waals surface area contributed by atoms with E-state index in [9.17, 15) is 14.9 Å². The Hall–Kier alpha value is -2.70. The van der Waals surface area contributed by atoms with E-state index in [1.807, 2.05) is 13.8 Å². The predicted molar refractivity (Wildman–Crippen MR) is 85.0 cm³/mol. The Morgan fingerprint density at radius 2 is 1.91 bits per heavy atom. The molecule has 0 unspecified atom stereocenters. The van der Waals surface area contributed by atoms with Gasteiger partial charge in [0.25, 0.3) is 11.6 Å². The fourth-order valence-electron chi connectivity index (χ4n) is 2.60. The van der Waals surface area contributed by atoms with E-state index in [1.165, 1.54) is 28.9 Å². The molecule has 0 aliphatic carbocycles. The van der Waals surface area contributed by atoms with E-state index in [1.54, 1.807) is 0 Å². The highest BCUT2D eigenvalue weighted by molar-refractivity contribution is 5.80. The minimum Gasteiger partial charge on any atom is -0.484 e. The Morgan fingerprint density at radius 1 is 1.30 bits per heavy atom. The number of carbonyl (C=O) groups is 1. The van der Waals surface area contributed by atoms with Crippen LogP contribution in [-0.4, -0.2) is 27.2 Å². The number of aromatic nitrogens is 2. The molecule has 122 valence electrons. The SMILES string of the molecule is Cc1nn(C(=O)COc2ccc([N+](=O)[O-])cc2)c(C)c1C(C)C. The van der Waals surface area contributed by atoms with E-state index in [4.69, 9.17) is 4.74 Å². The van der Waals surface area contributed by atoms with Crippen LogP contribution in [0, 0.1) is 24.0 Å². The van der Waals surface area contributed by atoms with Gasteiger partial charge in [-0.25, -0.2) is 4.68 Å². The van der Waals surface area contributed by atoms with Crippen LogP contribution in [0.1, 0.15) is 41.5 Å². The lowest BCUT2D eigenvalue weighted by Crippen LogP contribution is -2.21. The van der Waals surface area contributed by atoms with Crippen molar-refractivity contribution >= 4 is 11.6 Å². The minimum atomic E-state index is -0.488. The van der Waals surface area contributed by atoms with Crippen molar-refractivity contribution in [3.63, 3.8) is 0 Å². The van der Waals surface area contributed by atoms with E-state index >= 15 is 0 Å². The van der Waals surface area contributed by atoms with E-state index < -0.39 is 4.92 Å². The largest absolute Gasteiger partial charge is 0.484 e. The first kappa shape index (κ1) is 16.7. The zero-order valence-electron chi connectivity index (χ0n) is 13.6. The number of benzene rings is 1. The van der Waals surface area contributed by atoms with E-state index in [-0.39, 0.29) is 24.1 Å². The zero-order valence-corrected chi connectivity index (χ0v) is 13.6. The summed E-state index contributed by atoms with van der Waals surface area (Å²) in [5.74, 6) is 0.401. The average molecular weight is 317 g/mol. The highest BCUT2D eigenvalue weighted by Crippen LogP contribution is 2.22. The molecule has 0 N–H and O–H groups in total. The summed E-state index contributed by atoms with van der Waals surface area (Å²) in [6.45, 7) is 7.66. The van der Waals surface area contributed by atoms with Gasteiger partial charge in [-0.3, -0.25) is 14.9 Å². The predicted octanol–water partition coefficient (Wildman–Crippen LogP) is 3.25. The fourth-order valence-corrected chi connectivity index (χ4v) is 2.60. The van der Waals surface area contributed by atoms with Gasteiger partial charge in [0, 0.05) is 17.8 Å². The van der Waals surface area contributed by atoms with Crippen LogP contribution in [0.5, 0.6) is 5.75 Å². The Balaban J connectivity index is 2.08. The molecule has 0 radical (unpaired) electrons. The van der Waals surface area contributed by atoms with Gasteiger partial charge in [0.05, 0.1) is 10.6 Å². The van der Waals surface area contributed by atoms with Gasteiger partial charge in [0.2, 0.25) is 0 Å². The van der Waals surface area contributed by atoms with Gasteiger partial charge >= 0.3 is 0 Å². The number of hydrogen-bond acceptors (Lipinski definition) is 5. The lowest BCUT2D eigenvalue weighted by Gasteiger charge is -2.08. The van der Waals surface area contributed by atoms with Gasteiger partial charge in [-0.15, -0.1) is 0 Å². The lowest BCUT2D eigenvalue weighted by molar-refractivity contribution is -0.384. The van der Waals surface area contributed by atoms with Crippen LogP contribution in [0.3, 0.4) is 0 Å². The van der Waals surface area contributed by atoms with Crippen molar-refractivity contribution in [3.8, 4) is 5.75 Å². The molecule has 0 aliphatic rings. The van der Waals surface area contributed by atoms with Crippen LogP contribution in [0.15, 0.2) is 24.3 Å². The Bertz CT molecular complexity index is 733. The molecule has 7 heteroatoms. The molecule has 23 heavy (non-hydrogen) atoms. The second-order valence-electron chi connectivity index (χ2n) is 5.58. The smallest absolute Gasteiger partial charge is 0.284 e. The maximum Gasteiger partial charge on any atom is 0.284 e. The highest BCUT2D eigenvalue weighted by atomic mass is 16.6. The normalized spacial score (nSPS) is 10.8. The molecule has 1 aromatic heterocycles. The standard InChI is InChI=1S/C16H19N3O4/c1-10(2)16-11(3)17-18(12(16)4)15(20)9-23-14-7-5-13(6-8-14)19(21)22/h5-8,10H,9H2,1-4H3. The molecule has 0 saturated carbocycles. The molecule has 0 fully saturated rings. The number of ether oxygens (including phenoxy) is 1. The maximum absolute atomic E-state index is 12.3. The summed E-state index contributed by atoms with van der Waals surface area (Å²) in [4.78, 5) is 22.4. The fraction of sp³-hybridized carbons (Fsp3) is 0.375. The van der Waals surface area contributed by atoms with Gasteiger partial charge in [0.15, 0.2) is 6.61 Å². The highest BCUT2D eigenvalue weighted by Gasteiger charge is 2.18. The number of nitro groups is 1. The Labute approximate surface area is 134 Å². The number of aryl methyl sites for hydroxylation is 1. The van der Waals surface area contributed by atoms with Crippen molar-refractivity contribution in [1.29, 1.82) is 0 Å². The third kappa shape index (κ3) is 3.56. The zero-order chi connectivity index (χ0) is 17.1. The topological polar surface area (TPSA) is 87.3 Å². The Kier molecular flexibility index (Phi) is 4.78. The van der Waals surface area contributed by atoms with Crippen LogP contribution in [0.25, 0.3) is 0 Å². The third-order valence-corrected chi connectivity index (χ3v) is 3.57. The minimum absolute atomic E-state index is 0.0243. The molecule has 0 amide bonds. The van der Waals surface area contributed by atoms with E-state index in [2.05, 4.69) is 18.9 Å². The van der Waals surface area contributed by atoms with Crippen molar-refractivity contribution in [2.75, 3.05) is 6.61 Å². The van der Waals surface area contributed by atoms with Crippen LogP contribution in [-0.2, 0) is 0 Å². The Morgan fingerprint density at radius 3 is 2.39 bits per heavy atom. The quantitative estimate of drug-likeness (QED) is 0.624. The molecule has 2 aromatic rings. The number of nitrogens with zero attached hydrogens (tertiary/aromatic N) is 3. The number of non-ortho nitro benzene ring substituents is 1. The number of carbonyl (C=O) groups excluding carboxylic acids is 1. The summed E-state index contributed by atoms with van der Waals surface area (Å²) in [6, 6.07) is 5.60. The van der Waals surface area contributed by atoms with Crippen molar-refractivity contribution < 1.29 is 14.5 Å². The molecule has 0 spiro atoms. The monoisotopic (exact) mass is 317 g/mol. The average Bonchev–Trinajstić information content (AvgIpc) is 2.80. The first-order chi connectivity index (χ1) is 10.8. The molecule has 0 aliphatic heterocycles. The summed E-state index contributed by atoms with van der Waals surface area (Å²) >= 11 is 0. The van der Waals surface area contributed by atoms with Crippen molar-refractivity contribution in [3.05, 3.63) is 51.3 Å². The molecule has 1 aromatic carbocycles. The molecular weight excluding hydrogens is 298 g/mol. The van der Waals surface area contributed by atoms with E-state index in [0.29, 0.717) is 5.75 Å². The summed E-state index contributed by atoms with van der Waals surface area (Å²) in [5, 5.41) is 14.9. The molecule has 0 bridgehead atoms. The van der Waals surface area contributed by atoms with Crippen LogP contribution >= 0.6 is 0 Å². The van der Waals surface area contributed by atoms with Crippen molar-refractivity contribution in [1.82, 2.24) is 9.78 Å². The van der Waals surface area contributed by atoms with Crippen molar-refractivity contribution in [2.45, 2.75) is 33.6 Å². The number of rotatable bonds is 5. The molecule has 2 rings (SSSR count). The maximum atomic E-state index is 12.3. The third-order valence-electron chi connectivity index (χ3n) is 3.57. The summed E-state index contributed by atoms with van der Waals surface area (Å²) in [6.07, 6.45) is 0. The molecule has 7 nitrogen and oxygen atoms in total. The molecule has 0 atom stereocenters. The van der Waals surface area contributed by atoms with E-state index in [0.717, 1.165) is 17.0 Å². The first-order valence-corrected chi connectivity index (χ1v) is 7.27. The number of hydrogen-bond donors (Lipinski definition) is 0. The van der Waals surface area contributed by atoms with Crippen LogP contribution < -0.4 is 4.74 Å². The van der Waals surface area contributed by atoms with Crippen LogP contribution in [0.2, 0.25) is 0 Å². The second-order valence-corrected chi connectivity index (χ2v) is 5.58. The molecule has 1 heterocycles. The van der Waals surface area contributed by atoms with Gasteiger partial charge < -0.3 is 4.74 Å². The number of nitro benzene ring substituents is 1. The second kappa shape index (κ2) is 6.60. The van der Waals surface area contributed by atoms with Gasteiger partial charge in [-0.2, -0.15) is 5.10 Å².